The van der Waals surface area contributed by atoms with Gasteiger partial charge in [-0.25, -0.2) is 5.43 Å². The van der Waals surface area contributed by atoms with Gasteiger partial charge in [0.25, 0.3) is 5.91 Å². The molecule has 1 heterocycles. The predicted octanol–water partition coefficient (Wildman–Crippen LogP) is 5.79. The number of hydrogen-bond donors (Lipinski definition) is 2. The fourth-order valence-corrected chi connectivity index (χ4v) is 5.38. The van der Waals surface area contributed by atoms with Crippen LogP contribution in [-0.2, 0) is 0 Å². The number of anilines is 1. The number of hydrazone groups is 1. The van der Waals surface area contributed by atoms with Crippen LogP contribution in [0.4, 0.5) is 5.69 Å². The van der Waals surface area contributed by atoms with E-state index < -0.39 is 5.91 Å². The minimum Gasteiger partial charge on any atom is -0.506 e. The smallest absolute Gasteiger partial charge is 0.275 e. The molecule has 2 N–H and O–H groups in total. The van der Waals surface area contributed by atoms with Crippen LogP contribution in [0.15, 0.2) is 44.4 Å². The lowest BCUT2D eigenvalue weighted by molar-refractivity contribution is 0.0952. The summed E-state index contributed by atoms with van der Waals surface area (Å²) in [5.41, 5.74) is 6.25. The van der Waals surface area contributed by atoms with Crippen molar-refractivity contribution < 1.29 is 9.90 Å². The first-order chi connectivity index (χ1) is 13.6. The number of nitrogens with one attached hydrogen (secondary N) is 1. The average Bonchev–Trinajstić information content (AvgIpc) is 2.64. The molecule has 0 radical (unpaired) electrons. The summed E-state index contributed by atoms with van der Waals surface area (Å²) in [6, 6.07) is 9.51. The average molecular weight is 523 g/mol. The lowest BCUT2D eigenvalue weighted by Gasteiger charge is -2.47. The van der Waals surface area contributed by atoms with Gasteiger partial charge in [-0.2, -0.15) is 5.10 Å². The lowest BCUT2D eigenvalue weighted by Crippen LogP contribution is -2.48. The zero-order valence-electron chi connectivity index (χ0n) is 17.0. The molecule has 0 aromatic heterocycles. The minimum absolute atomic E-state index is 0.120. The molecule has 2 aromatic carbocycles. The van der Waals surface area contributed by atoms with Crippen LogP contribution in [0.2, 0.25) is 0 Å². The highest BCUT2D eigenvalue weighted by atomic mass is 79.9. The second-order valence-corrected chi connectivity index (χ2v) is 9.73. The first kappa shape index (κ1) is 21.8. The van der Waals surface area contributed by atoms with Crippen molar-refractivity contribution in [2.45, 2.75) is 45.6 Å². The van der Waals surface area contributed by atoms with E-state index in [0.29, 0.717) is 14.9 Å². The van der Waals surface area contributed by atoms with Crippen molar-refractivity contribution in [3.63, 3.8) is 0 Å². The Bertz CT molecular complexity index is 973. The Labute approximate surface area is 188 Å². The number of fused-ring (bicyclic) bond motifs is 1. The number of benzene rings is 2. The van der Waals surface area contributed by atoms with E-state index >= 15 is 0 Å². The van der Waals surface area contributed by atoms with E-state index in [9.17, 15) is 9.90 Å². The summed E-state index contributed by atoms with van der Waals surface area (Å²) in [5.74, 6) is -0.154. The summed E-state index contributed by atoms with van der Waals surface area (Å²) >= 11 is 6.54. The fourth-order valence-electron chi connectivity index (χ4n) is 4.15. The number of carbonyl (C=O) groups excluding carboxylic acids is 1. The number of nitrogens with zero attached hydrogens (tertiary/aromatic N) is 2. The Morgan fingerprint density at radius 3 is 2.76 bits per heavy atom. The van der Waals surface area contributed by atoms with Gasteiger partial charge in [-0.15, -0.1) is 0 Å². The largest absolute Gasteiger partial charge is 0.506 e. The fraction of sp³-hybridized carbons (Fsp3) is 0.364. The highest BCUT2D eigenvalue weighted by Crippen LogP contribution is 2.43. The number of amides is 1. The van der Waals surface area contributed by atoms with Crippen LogP contribution >= 0.6 is 31.9 Å². The molecule has 0 saturated carbocycles. The van der Waals surface area contributed by atoms with E-state index in [1.54, 1.807) is 18.3 Å². The molecule has 1 unspecified atom stereocenters. The number of phenols is 1. The van der Waals surface area contributed by atoms with Crippen LogP contribution in [0.1, 0.15) is 61.5 Å². The maximum absolute atomic E-state index is 12.4. The van der Waals surface area contributed by atoms with E-state index in [1.807, 2.05) is 6.07 Å². The highest BCUT2D eigenvalue weighted by molar-refractivity contribution is 9.11. The number of hydrogen-bond acceptors (Lipinski definition) is 4. The van der Waals surface area contributed by atoms with Crippen LogP contribution in [0, 0.1) is 0 Å². The van der Waals surface area contributed by atoms with Gasteiger partial charge in [0.2, 0.25) is 0 Å². The van der Waals surface area contributed by atoms with E-state index in [4.69, 9.17) is 0 Å². The van der Waals surface area contributed by atoms with Gasteiger partial charge in [0, 0.05) is 22.2 Å². The molecule has 7 heteroatoms. The number of carbonyl (C=O) groups is 1. The molecule has 3 rings (SSSR count). The highest BCUT2D eigenvalue weighted by Gasteiger charge is 2.35. The van der Waals surface area contributed by atoms with Crippen molar-refractivity contribution in [2.24, 2.45) is 5.10 Å². The van der Waals surface area contributed by atoms with Crippen molar-refractivity contribution in [3.05, 3.63) is 56.0 Å². The van der Waals surface area contributed by atoms with Gasteiger partial charge in [0.1, 0.15) is 5.75 Å². The molecule has 0 aliphatic carbocycles. The first-order valence-corrected chi connectivity index (χ1v) is 11.2. The zero-order chi connectivity index (χ0) is 21.3. The molecule has 0 spiro atoms. The molecule has 0 saturated heterocycles. The monoisotopic (exact) mass is 521 g/mol. The summed E-state index contributed by atoms with van der Waals surface area (Å²) in [6.07, 6.45) is 2.72. The van der Waals surface area contributed by atoms with Crippen molar-refractivity contribution in [1.82, 2.24) is 5.43 Å². The number of aromatic hydroxyl groups is 1. The zero-order valence-corrected chi connectivity index (χ0v) is 20.1. The summed E-state index contributed by atoms with van der Waals surface area (Å²) in [5, 5.41) is 14.2. The van der Waals surface area contributed by atoms with Gasteiger partial charge in [0.15, 0.2) is 0 Å². The second kappa shape index (κ2) is 8.48. The van der Waals surface area contributed by atoms with Crippen molar-refractivity contribution >= 4 is 49.7 Å². The summed E-state index contributed by atoms with van der Waals surface area (Å²) in [7, 11) is 0. The summed E-state index contributed by atoms with van der Waals surface area (Å²) < 4.78 is 1.12. The van der Waals surface area contributed by atoms with Gasteiger partial charge in [-0.3, -0.25) is 4.79 Å². The molecule has 5 nitrogen and oxygen atoms in total. The van der Waals surface area contributed by atoms with Crippen LogP contribution in [0.3, 0.4) is 0 Å². The third-order valence-corrected chi connectivity index (χ3v) is 6.44. The Morgan fingerprint density at radius 1 is 1.34 bits per heavy atom. The maximum atomic E-state index is 12.4. The molecule has 1 atom stereocenters. The van der Waals surface area contributed by atoms with E-state index in [0.717, 1.165) is 18.5 Å². The van der Waals surface area contributed by atoms with Crippen LogP contribution in [0.25, 0.3) is 0 Å². The van der Waals surface area contributed by atoms with Gasteiger partial charge in [-0.1, -0.05) is 28.9 Å². The molecule has 2 aromatic rings. The molecule has 1 aliphatic heterocycles. The van der Waals surface area contributed by atoms with E-state index in [-0.39, 0.29) is 16.9 Å². The standard InChI is InChI=1S/C22H25Br2N3O2/c1-5-27-19-7-6-14(8-16(19)13(2)11-22(27,3)4)12-25-26-21(29)17-9-15(23)10-18(24)20(17)28/h6-10,12-13,28H,5,11H2,1-4H3,(H,26,29)/b25-12-. The van der Waals surface area contributed by atoms with Gasteiger partial charge in [0.05, 0.1) is 16.3 Å². The Morgan fingerprint density at radius 2 is 2.07 bits per heavy atom. The SMILES string of the molecule is CCN1c2ccc(/C=N\NC(=O)c3cc(Br)cc(Br)c3O)cc2C(C)CC1(C)C. The number of halogens is 2. The van der Waals surface area contributed by atoms with Crippen LogP contribution < -0.4 is 10.3 Å². The molecule has 29 heavy (non-hydrogen) atoms. The summed E-state index contributed by atoms with van der Waals surface area (Å²) in [4.78, 5) is 14.8. The molecular formula is C22H25Br2N3O2. The van der Waals surface area contributed by atoms with Crippen LogP contribution in [0.5, 0.6) is 5.75 Å². The minimum atomic E-state index is -0.481. The Balaban J connectivity index is 1.79. The van der Waals surface area contributed by atoms with Crippen molar-refractivity contribution in [3.8, 4) is 5.75 Å². The third kappa shape index (κ3) is 4.51. The van der Waals surface area contributed by atoms with E-state index in [2.05, 4.69) is 87.1 Å². The third-order valence-electron chi connectivity index (χ3n) is 5.38. The van der Waals surface area contributed by atoms with Crippen molar-refractivity contribution in [2.75, 3.05) is 11.4 Å². The lowest BCUT2D eigenvalue weighted by atomic mass is 9.79. The topological polar surface area (TPSA) is 64.9 Å². The van der Waals surface area contributed by atoms with Gasteiger partial charge in [-0.05, 0) is 84.4 Å². The molecule has 0 fully saturated rings. The second-order valence-electron chi connectivity index (χ2n) is 7.96. The number of phenolic OH excluding ortho intramolecular Hbond substituents is 1. The Hall–Kier alpha value is -1.86. The molecule has 0 bridgehead atoms. The van der Waals surface area contributed by atoms with Gasteiger partial charge >= 0.3 is 0 Å². The molecule has 1 amide bonds. The molecule has 154 valence electrons. The van der Waals surface area contributed by atoms with Crippen molar-refractivity contribution in [1.29, 1.82) is 0 Å². The van der Waals surface area contributed by atoms with Gasteiger partial charge < -0.3 is 10.0 Å². The maximum Gasteiger partial charge on any atom is 0.275 e. The van der Waals surface area contributed by atoms with E-state index in [1.165, 1.54) is 11.3 Å². The quantitative estimate of drug-likeness (QED) is 0.394. The molecular weight excluding hydrogens is 498 g/mol. The normalized spacial score (nSPS) is 18.0. The molecule has 1 aliphatic rings. The predicted molar refractivity (Wildman–Crippen MR) is 125 cm³/mol. The first-order valence-electron chi connectivity index (χ1n) is 9.57. The number of rotatable bonds is 4. The Kier molecular flexibility index (Phi) is 6.39. The summed E-state index contributed by atoms with van der Waals surface area (Å²) in [6.45, 7) is 9.97. The van der Waals surface area contributed by atoms with Crippen LogP contribution in [-0.4, -0.2) is 29.3 Å².